The number of hydrogen-bond donors (Lipinski definition) is 1. The number of carbonyl (C=O) groups excluding carboxylic acids is 2. The Morgan fingerprint density at radius 1 is 1.03 bits per heavy atom. The molecule has 1 amide bonds. The van der Waals surface area contributed by atoms with Crippen molar-refractivity contribution in [1.82, 2.24) is 9.88 Å². The Balaban J connectivity index is 1.86. The second kappa shape index (κ2) is 9.25. The van der Waals surface area contributed by atoms with E-state index in [-0.39, 0.29) is 22.9 Å². The van der Waals surface area contributed by atoms with Gasteiger partial charge in [0.2, 0.25) is 0 Å². The van der Waals surface area contributed by atoms with Crippen molar-refractivity contribution >= 4 is 46.3 Å². The Morgan fingerprint density at radius 2 is 1.76 bits per heavy atom. The number of pyridine rings is 1. The van der Waals surface area contributed by atoms with Crippen molar-refractivity contribution in [3.63, 3.8) is 0 Å². The van der Waals surface area contributed by atoms with Gasteiger partial charge < -0.3 is 14.9 Å². The van der Waals surface area contributed by atoms with Crippen LogP contribution in [0.25, 0.3) is 5.76 Å². The van der Waals surface area contributed by atoms with Crippen molar-refractivity contribution in [3.8, 4) is 0 Å². The van der Waals surface area contributed by atoms with E-state index in [0.717, 1.165) is 5.69 Å². The third-order valence-electron chi connectivity index (χ3n) is 5.52. The number of halogens is 2. The molecule has 0 aliphatic carbocycles. The predicted molar refractivity (Wildman–Crippen MR) is 129 cm³/mol. The lowest BCUT2D eigenvalue weighted by Gasteiger charge is -2.25. The topological polar surface area (TPSA) is 73.7 Å². The molecule has 0 radical (unpaired) electrons. The van der Waals surface area contributed by atoms with Crippen LogP contribution in [-0.4, -0.2) is 40.8 Å². The first-order valence-corrected chi connectivity index (χ1v) is 10.9. The molecule has 0 saturated carbocycles. The number of amides is 1. The number of aliphatic hydroxyl groups is 1. The van der Waals surface area contributed by atoms with Gasteiger partial charge in [-0.3, -0.25) is 14.6 Å². The molecule has 2 heterocycles. The summed E-state index contributed by atoms with van der Waals surface area (Å²) in [6.07, 6.45) is 1.63. The van der Waals surface area contributed by atoms with E-state index in [9.17, 15) is 14.7 Å². The molecule has 4 rings (SSSR count). The van der Waals surface area contributed by atoms with Gasteiger partial charge in [-0.15, -0.1) is 0 Å². The Kier molecular flexibility index (Phi) is 6.40. The summed E-state index contributed by atoms with van der Waals surface area (Å²) in [6, 6.07) is 16.6. The number of nitrogens with zero attached hydrogens (tertiary/aromatic N) is 3. The van der Waals surface area contributed by atoms with Crippen LogP contribution in [0.4, 0.5) is 5.69 Å². The molecule has 33 heavy (non-hydrogen) atoms. The summed E-state index contributed by atoms with van der Waals surface area (Å²) >= 11 is 12.1. The van der Waals surface area contributed by atoms with Crippen LogP contribution in [0.5, 0.6) is 0 Å². The first kappa shape index (κ1) is 22.8. The van der Waals surface area contributed by atoms with Crippen LogP contribution in [-0.2, 0) is 16.1 Å². The molecule has 2 aromatic carbocycles. The number of aromatic nitrogens is 1. The molecule has 1 N–H and O–H groups in total. The van der Waals surface area contributed by atoms with Crippen LogP contribution < -0.4 is 4.90 Å². The standard InChI is InChI=1S/C25H21Cl2N3O3/c1-29(2)18-9-6-15(7-10-18)22-21(23(31)16-8-11-19(26)20(27)13-16)24(32)25(33)30(22)14-17-5-3-4-12-28-17/h3-13,22,31H,14H2,1-2H3/b23-21-. The Hall–Kier alpha value is -3.35. The monoisotopic (exact) mass is 481 g/mol. The fraction of sp³-hybridized carbons (Fsp3) is 0.160. The number of ketones is 1. The third kappa shape index (κ3) is 4.45. The molecule has 0 bridgehead atoms. The lowest BCUT2D eigenvalue weighted by atomic mass is 9.95. The summed E-state index contributed by atoms with van der Waals surface area (Å²) < 4.78 is 0. The Labute approximate surface area is 201 Å². The fourth-order valence-corrected chi connectivity index (χ4v) is 4.11. The van der Waals surface area contributed by atoms with Gasteiger partial charge in [0.15, 0.2) is 0 Å². The highest BCUT2D eigenvalue weighted by molar-refractivity contribution is 6.46. The predicted octanol–water partition coefficient (Wildman–Crippen LogP) is 5.08. The lowest BCUT2D eigenvalue weighted by molar-refractivity contribution is -0.140. The molecule has 1 aliphatic heterocycles. The minimum Gasteiger partial charge on any atom is -0.507 e. The number of hydrogen-bond acceptors (Lipinski definition) is 5. The zero-order chi connectivity index (χ0) is 23.7. The second-order valence-corrected chi connectivity index (χ2v) is 8.68. The molecule has 1 fully saturated rings. The van der Waals surface area contributed by atoms with Crippen LogP contribution >= 0.6 is 23.2 Å². The normalized spacial score (nSPS) is 17.5. The van der Waals surface area contributed by atoms with Crippen molar-refractivity contribution in [2.75, 3.05) is 19.0 Å². The maximum absolute atomic E-state index is 13.1. The summed E-state index contributed by atoms with van der Waals surface area (Å²) in [6.45, 7) is 0.115. The molecule has 168 valence electrons. The number of carbonyl (C=O) groups is 2. The van der Waals surface area contributed by atoms with E-state index in [4.69, 9.17) is 23.2 Å². The highest BCUT2D eigenvalue weighted by Gasteiger charge is 2.46. The van der Waals surface area contributed by atoms with Gasteiger partial charge in [-0.2, -0.15) is 0 Å². The summed E-state index contributed by atoms with van der Waals surface area (Å²) in [5, 5.41) is 11.7. The van der Waals surface area contributed by atoms with Gasteiger partial charge >= 0.3 is 0 Å². The first-order chi connectivity index (χ1) is 15.8. The molecule has 1 atom stereocenters. The van der Waals surface area contributed by atoms with Crippen LogP contribution in [0.15, 0.2) is 72.4 Å². The zero-order valence-corrected chi connectivity index (χ0v) is 19.5. The fourth-order valence-electron chi connectivity index (χ4n) is 3.81. The molecular formula is C25H21Cl2N3O3. The average molecular weight is 482 g/mol. The zero-order valence-electron chi connectivity index (χ0n) is 18.0. The van der Waals surface area contributed by atoms with Crippen molar-refractivity contribution in [1.29, 1.82) is 0 Å². The van der Waals surface area contributed by atoms with E-state index >= 15 is 0 Å². The van der Waals surface area contributed by atoms with Gasteiger partial charge in [-0.05, 0) is 48.0 Å². The van der Waals surface area contributed by atoms with Crippen molar-refractivity contribution in [3.05, 3.63) is 99.3 Å². The third-order valence-corrected chi connectivity index (χ3v) is 6.26. The second-order valence-electron chi connectivity index (χ2n) is 7.86. The first-order valence-electron chi connectivity index (χ1n) is 10.2. The molecule has 0 spiro atoms. The van der Waals surface area contributed by atoms with Crippen molar-refractivity contribution in [2.24, 2.45) is 0 Å². The quantitative estimate of drug-likeness (QED) is 0.312. The smallest absolute Gasteiger partial charge is 0.296 e. The number of benzene rings is 2. The number of aliphatic hydroxyl groups excluding tert-OH is 1. The van der Waals surface area contributed by atoms with Gasteiger partial charge in [0.1, 0.15) is 5.76 Å². The summed E-state index contributed by atoms with van der Waals surface area (Å²) in [5.41, 5.74) is 2.58. The van der Waals surface area contributed by atoms with Gasteiger partial charge in [0, 0.05) is 31.5 Å². The summed E-state index contributed by atoms with van der Waals surface area (Å²) in [5.74, 6) is -1.78. The largest absolute Gasteiger partial charge is 0.507 e. The van der Waals surface area contributed by atoms with E-state index in [1.165, 1.54) is 17.0 Å². The van der Waals surface area contributed by atoms with Gasteiger partial charge in [-0.1, -0.05) is 41.4 Å². The molecule has 1 aliphatic rings. The van der Waals surface area contributed by atoms with Crippen LogP contribution in [0.1, 0.15) is 22.9 Å². The van der Waals surface area contributed by atoms with Crippen LogP contribution in [0.3, 0.4) is 0 Å². The average Bonchev–Trinajstić information content (AvgIpc) is 3.06. The number of rotatable bonds is 5. The highest BCUT2D eigenvalue weighted by atomic mass is 35.5. The maximum Gasteiger partial charge on any atom is 0.296 e. The lowest BCUT2D eigenvalue weighted by Crippen LogP contribution is -2.29. The minimum atomic E-state index is -0.794. The van der Waals surface area contributed by atoms with Crippen molar-refractivity contribution < 1.29 is 14.7 Å². The number of Topliss-reactive ketones (excluding diaryl/α,β-unsaturated/α-hetero) is 1. The number of anilines is 1. The molecule has 1 aromatic heterocycles. The van der Waals surface area contributed by atoms with E-state index in [0.29, 0.717) is 21.8 Å². The molecular weight excluding hydrogens is 461 g/mol. The summed E-state index contributed by atoms with van der Waals surface area (Å²) in [4.78, 5) is 33.9. The van der Waals surface area contributed by atoms with Gasteiger partial charge in [0.25, 0.3) is 11.7 Å². The van der Waals surface area contributed by atoms with Crippen LogP contribution in [0, 0.1) is 0 Å². The minimum absolute atomic E-state index is 0.00748. The molecule has 3 aromatic rings. The van der Waals surface area contributed by atoms with E-state index in [1.807, 2.05) is 49.3 Å². The van der Waals surface area contributed by atoms with Crippen LogP contribution in [0.2, 0.25) is 10.0 Å². The molecule has 8 heteroatoms. The summed E-state index contributed by atoms with van der Waals surface area (Å²) in [7, 11) is 3.85. The van der Waals surface area contributed by atoms with E-state index in [2.05, 4.69) is 4.98 Å². The molecule has 1 saturated heterocycles. The molecule has 6 nitrogen and oxygen atoms in total. The van der Waals surface area contributed by atoms with Gasteiger partial charge in [0.05, 0.1) is 33.9 Å². The van der Waals surface area contributed by atoms with E-state index in [1.54, 1.807) is 24.4 Å². The van der Waals surface area contributed by atoms with Crippen molar-refractivity contribution in [2.45, 2.75) is 12.6 Å². The SMILES string of the molecule is CN(C)c1ccc(C2/C(=C(/O)c3ccc(Cl)c(Cl)c3)C(=O)C(=O)N2Cc2ccccn2)cc1. The highest BCUT2D eigenvalue weighted by Crippen LogP contribution is 2.41. The Morgan fingerprint density at radius 3 is 2.36 bits per heavy atom. The van der Waals surface area contributed by atoms with E-state index < -0.39 is 17.7 Å². The molecule has 1 unspecified atom stereocenters. The number of likely N-dealkylation sites (tertiary alicyclic amines) is 1. The Bertz CT molecular complexity index is 1240. The van der Waals surface area contributed by atoms with Gasteiger partial charge in [-0.25, -0.2) is 0 Å². The maximum atomic E-state index is 13.1.